The van der Waals surface area contributed by atoms with E-state index in [4.69, 9.17) is 4.74 Å². The summed E-state index contributed by atoms with van der Waals surface area (Å²) < 4.78 is 5.44. The SMILES string of the molecule is Cc1ccc(C2(CC(=O)O)CCN(C(=O)OC(C)(C)C)CC2)cc1C. The summed E-state index contributed by atoms with van der Waals surface area (Å²) in [5, 5.41) is 9.44. The molecule has 1 aliphatic heterocycles. The molecule has 25 heavy (non-hydrogen) atoms. The molecule has 1 aliphatic rings. The van der Waals surface area contributed by atoms with E-state index in [1.54, 1.807) is 4.90 Å². The van der Waals surface area contributed by atoms with Crippen molar-refractivity contribution < 1.29 is 19.4 Å². The number of nitrogens with zero attached hydrogens (tertiary/aromatic N) is 1. The summed E-state index contributed by atoms with van der Waals surface area (Å²) in [7, 11) is 0. The van der Waals surface area contributed by atoms with Gasteiger partial charge < -0.3 is 14.7 Å². The smallest absolute Gasteiger partial charge is 0.410 e. The molecule has 2 rings (SSSR count). The van der Waals surface area contributed by atoms with Gasteiger partial charge in [-0.2, -0.15) is 0 Å². The number of rotatable bonds is 3. The number of likely N-dealkylation sites (tertiary alicyclic amines) is 1. The number of carbonyl (C=O) groups is 2. The summed E-state index contributed by atoms with van der Waals surface area (Å²) in [6.45, 7) is 10.7. The summed E-state index contributed by atoms with van der Waals surface area (Å²) in [6, 6.07) is 6.18. The van der Waals surface area contributed by atoms with Gasteiger partial charge in [-0.1, -0.05) is 18.2 Å². The van der Waals surface area contributed by atoms with Gasteiger partial charge in [0.1, 0.15) is 5.60 Å². The number of carboxylic acid groups (broad SMARTS) is 1. The van der Waals surface area contributed by atoms with E-state index >= 15 is 0 Å². The number of hydrogen-bond acceptors (Lipinski definition) is 3. The van der Waals surface area contributed by atoms with Gasteiger partial charge in [0.25, 0.3) is 0 Å². The predicted octanol–water partition coefficient (Wildman–Crippen LogP) is 4.05. The zero-order valence-corrected chi connectivity index (χ0v) is 15.9. The Kier molecular flexibility index (Phi) is 5.45. The Morgan fingerprint density at radius 3 is 2.24 bits per heavy atom. The normalized spacial score (nSPS) is 17.2. The fourth-order valence-electron chi connectivity index (χ4n) is 3.37. The lowest BCUT2D eigenvalue weighted by Crippen LogP contribution is -2.47. The molecule has 0 unspecified atom stereocenters. The van der Waals surface area contributed by atoms with E-state index in [-0.39, 0.29) is 12.5 Å². The third-order valence-corrected chi connectivity index (χ3v) is 4.98. The molecule has 0 saturated carbocycles. The molecule has 1 amide bonds. The molecule has 5 heteroatoms. The number of piperidine rings is 1. The molecular weight excluding hydrogens is 318 g/mol. The highest BCUT2D eigenvalue weighted by atomic mass is 16.6. The van der Waals surface area contributed by atoms with Crippen molar-refractivity contribution in [3.63, 3.8) is 0 Å². The third kappa shape index (κ3) is 4.74. The Balaban J connectivity index is 2.20. The van der Waals surface area contributed by atoms with Crippen LogP contribution in [0.1, 0.15) is 56.7 Å². The fraction of sp³-hybridized carbons (Fsp3) is 0.600. The Morgan fingerprint density at radius 2 is 1.76 bits per heavy atom. The van der Waals surface area contributed by atoms with Gasteiger partial charge in [0.05, 0.1) is 6.42 Å². The van der Waals surface area contributed by atoms with Crippen LogP contribution >= 0.6 is 0 Å². The summed E-state index contributed by atoms with van der Waals surface area (Å²) in [5.74, 6) is -0.802. The quantitative estimate of drug-likeness (QED) is 0.896. The molecule has 1 aromatic carbocycles. The second kappa shape index (κ2) is 7.06. The van der Waals surface area contributed by atoms with Crippen LogP contribution < -0.4 is 0 Å². The molecule has 0 aromatic heterocycles. The van der Waals surface area contributed by atoms with Crippen molar-refractivity contribution in [3.05, 3.63) is 34.9 Å². The predicted molar refractivity (Wildman–Crippen MR) is 96.9 cm³/mol. The van der Waals surface area contributed by atoms with E-state index in [0.717, 1.165) is 11.1 Å². The molecule has 5 nitrogen and oxygen atoms in total. The maximum absolute atomic E-state index is 12.3. The minimum absolute atomic E-state index is 0.0810. The van der Waals surface area contributed by atoms with Crippen molar-refractivity contribution in [2.75, 3.05) is 13.1 Å². The first-order valence-electron chi connectivity index (χ1n) is 8.80. The zero-order valence-electron chi connectivity index (χ0n) is 15.9. The van der Waals surface area contributed by atoms with Gasteiger partial charge in [0.15, 0.2) is 0 Å². The molecule has 1 heterocycles. The van der Waals surface area contributed by atoms with E-state index in [2.05, 4.69) is 12.1 Å². The van der Waals surface area contributed by atoms with Gasteiger partial charge in [-0.25, -0.2) is 4.79 Å². The van der Waals surface area contributed by atoms with Gasteiger partial charge in [0.2, 0.25) is 0 Å². The first kappa shape index (κ1) is 19.3. The summed E-state index contributed by atoms with van der Waals surface area (Å²) >= 11 is 0. The van der Waals surface area contributed by atoms with Crippen LogP contribution in [0.25, 0.3) is 0 Å². The van der Waals surface area contributed by atoms with Crippen molar-refractivity contribution in [1.82, 2.24) is 4.90 Å². The van der Waals surface area contributed by atoms with E-state index in [0.29, 0.717) is 25.9 Å². The monoisotopic (exact) mass is 347 g/mol. The third-order valence-electron chi connectivity index (χ3n) is 4.98. The Hall–Kier alpha value is -2.04. The van der Waals surface area contributed by atoms with Crippen molar-refractivity contribution in [2.45, 2.75) is 64.9 Å². The lowest BCUT2D eigenvalue weighted by molar-refractivity contribution is -0.139. The lowest BCUT2D eigenvalue weighted by Gasteiger charge is -2.42. The molecule has 138 valence electrons. The second-order valence-corrected chi connectivity index (χ2v) is 8.12. The first-order chi connectivity index (χ1) is 11.5. The van der Waals surface area contributed by atoms with Crippen LogP contribution in [0.3, 0.4) is 0 Å². The average molecular weight is 347 g/mol. The molecule has 0 spiro atoms. The van der Waals surface area contributed by atoms with Crippen LogP contribution in [-0.2, 0) is 14.9 Å². The fourth-order valence-corrected chi connectivity index (χ4v) is 3.37. The van der Waals surface area contributed by atoms with Gasteiger partial charge >= 0.3 is 12.1 Å². The van der Waals surface area contributed by atoms with Crippen LogP contribution in [-0.4, -0.2) is 40.8 Å². The van der Waals surface area contributed by atoms with E-state index in [9.17, 15) is 14.7 Å². The van der Waals surface area contributed by atoms with Gasteiger partial charge in [-0.3, -0.25) is 4.79 Å². The minimum atomic E-state index is -0.802. The molecule has 0 radical (unpaired) electrons. The molecular formula is C20H29NO4. The van der Waals surface area contributed by atoms with Crippen LogP contribution in [0.5, 0.6) is 0 Å². The van der Waals surface area contributed by atoms with Crippen LogP contribution in [0.4, 0.5) is 4.79 Å². The first-order valence-corrected chi connectivity index (χ1v) is 8.80. The Morgan fingerprint density at radius 1 is 1.16 bits per heavy atom. The number of carbonyl (C=O) groups excluding carboxylic acids is 1. The van der Waals surface area contributed by atoms with Crippen molar-refractivity contribution in [3.8, 4) is 0 Å². The van der Waals surface area contributed by atoms with Crippen LogP contribution in [0, 0.1) is 13.8 Å². The van der Waals surface area contributed by atoms with Crippen LogP contribution in [0.15, 0.2) is 18.2 Å². The highest BCUT2D eigenvalue weighted by molar-refractivity contribution is 5.70. The standard InChI is InChI=1S/C20H29NO4/c1-14-6-7-16(12-15(14)2)20(13-17(22)23)8-10-21(11-9-20)18(24)25-19(3,4)5/h6-7,12H,8-11,13H2,1-5H3,(H,22,23). The highest BCUT2D eigenvalue weighted by Crippen LogP contribution is 2.39. The van der Waals surface area contributed by atoms with Crippen molar-refractivity contribution in [2.24, 2.45) is 0 Å². The minimum Gasteiger partial charge on any atom is -0.481 e. The molecule has 0 aliphatic carbocycles. The van der Waals surface area contributed by atoms with Gasteiger partial charge in [-0.05, 0) is 64.2 Å². The molecule has 0 bridgehead atoms. The van der Waals surface area contributed by atoms with Crippen molar-refractivity contribution >= 4 is 12.1 Å². The Labute approximate surface area is 150 Å². The molecule has 0 atom stereocenters. The number of benzene rings is 1. The van der Waals surface area contributed by atoms with E-state index in [1.165, 1.54) is 5.56 Å². The largest absolute Gasteiger partial charge is 0.481 e. The highest BCUT2D eigenvalue weighted by Gasteiger charge is 2.40. The molecule has 1 saturated heterocycles. The van der Waals surface area contributed by atoms with E-state index in [1.807, 2.05) is 40.7 Å². The van der Waals surface area contributed by atoms with Crippen LogP contribution in [0.2, 0.25) is 0 Å². The van der Waals surface area contributed by atoms with E-state index < -0.39 is 17.0 Å². The molecule has 1 fully saturated rings. The molecule has 1 aromatic rings. The average Bonchev–Trinajstić information content (AvgIpc) is 2.48. The van der Waals surface area contributed by atoms with Gasteiger partial charge in [0, 0.05) is 18.5 Å². The van der Waals surface area contributed by atoms with Crippen molar-refractivity contribution in [1.29, 1.82) is 0 Å². The number of ether oxygens (including phenoxy) is 1. The maximum Gasteiger partial charge on any atom is 0.410 e. The molecule has 1 N–H and O–H groups in total. The number of carboxylic acids is 1. The second-order valence-electron chi connectivity index (χ2n) is 8.12. The summed E-state index contributed by atoms with van der Waals surface area (Å²) in [4.78, 5) is 25.5. The Bertz CT molecular complexity index is 652. The number of hydrogen-bond donors (Lipinski definition) is 1. The number of amides is 1. The topological polar surface area (TPSA) is 66.8 Å². The van der Waals surface area contributed by atoms with Gasteiger partial charge in [-0.15, -0.1) is 0 Å². The zero-order chi connectivity index (χ0) is 18.8. The summed E-state index contributed by atoms with van der Waals surface area (Å²) in [6.07, 6.45) is 1.01. The lowest BCUT2D eigenvalue weighted by atomic mass is 9.70. The summed E-state index contributed by atoms with van der Waals surface area (Å²) in [5.41, 5.74) is 2.46. The number of aliphatic carboxylic acids is 1. The maximum atomic E-state index is 12.3. The number of aryl methyl sites for hydroxylation is 2.